The third-order valence-corrected chi connectivity index (χ3v) is 4.19. The number of anilines is 1. The van der Waals surface area contributed by atoms with Crippen LogP contribution in [0.5, 0.6) is 0 Å². The standard InChI is InChI=1S/C14H22BrN3/c1-11(16)12-4-5-14(13(15)10-12)18-7-3-6-17(2)8-9-18/h4-5,10-11H,3,6-9,16H2,1-2H3/t11-/m1/s1. The fraction of sp³-hybridized carbons (Fsp3) is 0.571. The molecule has 0 spiro atoms. The summed E-state index contributed by atoms with van der Waals surface area (Å²) < 4.78 is 1.15. The molecule has 1 aromatic rings. The summed E-state index contributed by atoms with van der Waals surface area (Å²) >= 11 is 3.68. The molecule has 0 aliphatic carbocycles. The summed E-state index contributed by atoms with van der Waals surface area (Å²) in [4.78, 5) is 4.85. The van der Waals surface area contributed by atoms with Gasteiger partial charge in [0.25, 0.3) is 0 Å². The number of likely N-dealkylation sites (N-methyl/N-ethyl adjacent to an activating group) is 1. The fourth-order valence-electron chi connectivity index (χ4n) is 2.35. The zero-order chi connectivity index (χ0) is 13.1. The summed E-state index contributed by atoms with van der Waals surface area (Å²) in [6.07, 6.45) is 1.22. The van der Waals surface area contributed by atoms with Crippen LogP contribution in [0.1, 0.15) is 24.9 Å². The van der Waals surface area contributed by atoms with E-state index in [1.165, 1.54) is 24.2 Å². The fourth-order valence-corrected chi connectivity index (χ4v) is 3.00. The maximum atomic E-state index is 5.91. The van der Waals surface area contributed by atoms with Crippen LogP contribution in [0, 0.1) is 0 Å². The molecule has 1 saturated heterocycles. The van der Waals surface area contributed by atoms with Crippen molar-refractivity contribution in [3.05, 3.63) is 28.2 Å². The molecule has 18 heavy (non-hydrogen) atoms. The number of hydrogen-bond donors (Lipinski definition) is 1. The maximum Gasteiger partial charge on any atom is 0.0511 e. The van der Waals surface area contributed by atoms with Gasteiger partial charge in [-0.25, -0.2) is 0 Å². The van der Waals surface area contributed by atoms with E-state index in [4.69, 9.17) is 5.73 Å². The minimum Gasteiger partial charge on any atom is -0.369 e. The quantitative estimate of drug-likeness (QED) is 0.911. The van der Waals surface area contributed by atoms with E-state index in [-0.39, 0.29) is 6.04 Å². The van der Waals surface area contributed by atoms with Gasteiger partial charge in [-0.1, -0.05) is 6.07 Å². The van der Waals surface area contributed by atoms with E-state index in [2.05, 4.69) is 51.0 Å². The Balaban J connectivity index is 2.17. The molecule has 1 aromatic carbocycles. The van der Waals surface area contributed by atoms with Gasteiger partial charge in [0.1, 0.15) is 0 Å². The number of rotatable bonds is 2. The number of halogens is 1. The SMILES string of the molecule is C[C@@H](N)c1ccc(N2CCCN(C)CC2)c(Br)c1. The molecule has 2 rings (SSSR count). The summed E-state index contributed by atoms with van der Waals surface area (Å²) in [5.41, 5.74) is 8.38. The molecule has 0 saturated carbocycles. The highest BCUT2D eigenvalue weighted by molar-refractivity contribution is 9.10. The van der Waals surface area contributed by atoms with Crippen LogP contribution in [0.4, 0.5) is 5.69 Å². The third kappa shape index (κ3) is 3.25. The van der Waals surface area contributed by atoms with E-state index in [9.17, 15) is 0 Å². The molecule has 1 aliphatic heterocycles. The predicted molar refractivity (Wildman–Crippen MR) is 81.1 cm³/mol. The highest BCUT2D eigenvalue weighted by atomic mass is 79.9. The summed E-state index contributed by atoms with van der Waals surface area (Å²) in [5, 5.41) is 0. The van der Waals surface area contributed by atoms with Crippen molar-refractivity contribution in [1.29, 1.82) is 0 Å². The Morgan fingerprint density at radius 2 is 2.00 bits per heavy atom. The van der Waals surface area contributed by atoms with Crippen molar-refractivity contribution in [2.75, 3.05) is 38.1 Å². The highest BCUT2D eigenvalue weighted by Crippen LogP contribution is 2.29. The van der Waals surface area contributed by atoms with E-state index in [0.717, 1.165) is 24.1 Å². The molecular formula is C14H22BrN3. The largest absolute Gasteiger partial charge is 0.369 e. The van der Waals surface area contributed by atoms with Gasteiger partial charge in [-0.05, 0) is 60.6 Å². The molecule has 3 nitrogen and oxygen atoms in total. The first-order valence-corrected chi connectivity index (χ1v) is 7.36. The lowest BCUT2D eigenvalue weighted by atomic mass is 10.1. The molecule has 0 radical (unpaired) electrons. The Morgan fingerprint density at radius 1 is 1.22 bits per heavy atom. The van der Waals surface area contributed by atoms with Crippen LogP contribution in [0.25, 0.3) is 0 Å². The average molecular weight is 312 g/mol. The molecule has 0 amide bonds. The number of nitrogens with two attached hydrogens (primary N) is 1. The maximum absolute atomic E-state index is 5.91. The molecule has 0 aromatic heterocycles. The third-order valence-electron chi connectivity index (χ3n) is 3.56. The smallest absolute Gasteiger partial charge is 0.0511 e. The Bertz CT molecular complexity index is 406. The van der Waals surface area contributed by atoms with Crippen molar-refractivity contribution >= 4 is 21.6 Å². The first-order chi connectivity index (χ1) is 8.58. The molecule has 1 fully saturated rings. The van der Waals surface area contributed by atoms with Gasteiger partial charge in [0.2, 0.25) is 0 Å². The van der Waals surface area contributed by atoms with Crippen LogP contribution in [0.15, 0.2) is 22.7 Å². The first kappa shape index (κ1) is 13.8. The van der Waals surface area contributed by atoms with Crippen molar-refractivity contribution in [3.8, 4) is 0 Å². The summed E-state index contributed by atoms with van der Waals surface area (Å²) in [6.45, 7) is 6.54. The van der Waals surface area contributed by atoms with Gasteiger partial charge in [-0.2, -0.15) is 0 Å². The molecule has 1 heterocycles. The molecule has 0 bridgehead atoms. The lowest BCUT2D eigenvalue weighted by Crippen LogP contribution is -2.29. The van der Waals surface area contributed by atoms with Crippen LogP contribution in [-0.2, 0) is 0 Å². The van der Waals surface area contributed by atoms with Crippen molar-refractivity contribution in [3.63, 3.8) is 0 Å². The highest BCUT2D eigenvalue weighted by Gasteiger charge is 2.15. The number of benzene rings is 1. The van der Waals surface area contributed by atoms with Crippen molar-refractivity contribution in [1.82, 2.24) is 4.90 Å². The van der Waals surface area contributed by atoms with Gasteiger partial charge in [0.15, 0.2) is 0 Å². The second kappa shape index (κ2) is 6.04. The van der Waals surface area contributed by atoms with Crippen LogP contribution in [0.3, 0.4) is 0 Å². The lowest BCUT2D eigenvalue weighted by molar-refractivity contribution is 0.360. The van der Waals surface area contributed by atoms with E-state index in [0.29, 0.717) is 0 Å². The molecule has 0 unspecified atom stereocenters. The van der Waals surface area contributed by atoms with Crippen LogP contribution >= 0.6 is 15.9 Å². The first-order valence-electron chi connectivity index (χ1n) is 6.56. The zero-order valence-corrected chi connectivity index (χ0v) is 12.8. The van der Waals surface area contributed by atoms with E-state index < -0.39 is 0 Å². The van der Waals surface area contributed by atoms with Gasteiger partial charge in [-0.15, -0.1) is 0 Å². The van der Waals surface area contributed by atoms with Gasteiger partial charge in [0.05, 0.1) is 5.69 Å². The summed E-state index contributed by atoms with van der Waals surface area (Å²) in [5.74, 6) is 0. The lowest BCUT2D eigenvalue weighted by Gasteiger charge is -2.24. The number of hydrogen-bond acceptors (Lipinski definition) is 3. The Labute approximate surface area is 118 Å². The molecule has 100 valence electrons. The minimum atomic E-state index is 0.0885. The van der Waals surface area contributed by atoms with Gasteiger partial charge < -0.3 is 15.5 Å². The number of nitrogens with zero attached hydrogens (tertiary/aromatic N) is 2. The molecule has 2 N–H and O–H groups in total. The van der Waals surface area contributed by atoms with Gasteiger partial charge in [0, 0.05) is 30.1 Å². The van der Waals surface area contributed by atoms with Gasteiger partial charge in [-0.3, -0.25) is 0 Å². The predicted octanol–water partition coefficient (Wildman–Crippen LogP) is 2.61. The Hall–Kier alpha value is -0.580. The van der Waals surface area contributed by atoms with E-state index in [1.807, 2.05) is 6.92 Å². The van der Waals surface area contributed by atoms with Crippen LogP contribution in [-0.4, -0.2) is 38.1 Å². The van der Waals surface area contributed by atoms with E-state index in [1.54, 1.807) is 0 Å². The van der Waals surface area contributed by atoms with Crippen molar-refractivity contribution < 1.29 is 0 Å². The summed E-state index contributed by atoms with van der Waals surface area (Å²) in [6, 6.07) is 6.56. The molecule has 1 aliphatic rings. The van der Waals surface area contributed by atoms with Crippen LogP contribution in [0.2, 0.25) is 0 Å². The topological polar surface area (TPSA) is 32.5 Å². The van der Waals surface area contributed by atoms with Crippen molar-refractivity contribution in [2.24, 2.45) is 5.73 Å². The second-order valence-electron chi connectivity index (χ2n) is 5.14. The monoisotopic (exact) mass is 311 g/mol. The Morgan fingerprint density at radius 3 is 2.67 bits per heavy atom. The zero-order valence-electron chi connectivity index (χ0n) is 11.2. The molecular weight excluding hydrogens is 290 g/mol. The Kier molecular flexibility index (Phi) is 4.65. The van der Waals surface area contributed by atoms with Crippen LogP contribution < -0.4 is 10.6 Å². The average Bonchev–Trinajstić information content (AvgIpc) is 2.54. The summed E-state index contributed by atoms with van der Waals surface area (Å²) in [7, 11) is 2.19. The van der Waals surface area contributed by atoms with Crippen molar-refractivity contribution in [2.45, 2.75) is 19.4 Å². The molecule has 1 atom stereocenters. The minimum absolute atomic E-state index is 0.0885. The normalized spacial score (nSPS) is 19.7. The van der Waals surface area contributed by atoms with Gasteiger partial charge >= 0.3 is 0 Å². The molecule has 4 heteroatoms. The van der Waals surface area contributed by atoms with E-state index >= 15 is 0 Å². The second-order valence-corrected chi connectivity index (χ2v) is 6.00.